The van der Waals surface area contributed by atoms with Crippen LogP contribution in [0.2, 0.25) is 5.02 Å². The van der Waals surface area contributed by atoms with Crippen molar-refractivity contribution in [3.05, 3.63) is 34.9 Å². The topological polar surface area (TPSA) is 29.5 Å². The lowest BCUT2D eigenvalue weighted by molar-refractivity contribution is -0.118. The Bertz CT molecular complexity index is 355. The zero-order valence-corrected chi connectivity index (χ0v) is 10.9. The van der Waals surface area contributed by atoms with E-state index in [4.69, 9.17) is 16.3 Å². The summed E-state index contributed by atoms with van der Waals surface area (Å²) in [6.45, 7) is 2.62. The van der Waals surface area contributed by atoms with Crippen molar-refractivity contribution < 1.29 is 9.84 Å². The lowest BCUT2D eigenvalue weighted by Crippen LogP contribution is -2.36. The summed E-state index contributed by atoms with van der Waals surface area (Å²) < 4.78 is 5.85. The van der Waals surface area contributed by atoms with Crippen LogP contribution in [-0.4, -0.2) is 17.3 Å². The van der Waals surface area contributed by atoms with Gasteiger partial charge in [0, 0.05) is 11.6 Å². The van der Waals surface area contributed by atoms with Gasteiger partial charge in [-0.1, -0.05) is 36.6 Å². The second-order valence-corrected chi connectivity index (χ2v) is 5.10. The molecular weight excluding hydrogens is 236 g/mol. The Balaban J connectivity index is 2.21. The molecular formula is C14H19ClO2. The van der Waals surface area contributed by atoms with E-state index in [9.17, 15) is 5.11 Å². The molecule has 1 saturated carbocycles. The SMILES string of the molecule is CCOC1(C(O)c2ccc(Cl)cc2)CCCC1. The fourth-order valence-electron chi connectivity index (χ4n) is 2.71. The number of halogens is 1. The molecule has 0 aromatic heterocycles. The summed E-state index contributed by atoms with van der Waals surface area (Å²) in [5.41, 5.74) is 0.507. The number of aliphatic hydroxyl groups excluding tert-OH is 1. The van der Waals surface area contributed by atoms with Crippen molar-refractivity contribution in [1.82, 2.24) is 0 Å². The van der Waals surface area contributed by atoms with Crippen LogP contribution < -0.4 is 0 Å². The van der Waals surface area contributed by atoms with E-state index in [1.54, 1.807) is 0 Å². The third kappa shape index (κ3) is 2.65. The van der Waals surface area contributed by atoms with Crippen molar-refractivity contribution >= 4 is 11.6 Å². The van der Waals surface area contributed by atoms with Gasteiger partial charge in [-0.25, -0.2) is 0 Å². The molecule has 1 aromatic rings. The predicted octanol–water partition coefficient (Wildman–Crippen LogP) is 3.72. The maximum atomic E-state index is 10.5. The van der Waals surface area contributed by atoms with Crippen LogP contribution in [0.25, 0.3) is 0 Å². The van der Waals surface area contributed by atoms with Crippen LogP contribution >= 0.6 is 11.6 Å². The molecule has 0 bridgehead atoms. The smallest absolute Gasteiger partial charge is 0.108 e. The fraction of sp³-hybridized carbons (Fsp3) is 0.571. The van der Waals surface area contributed by atoms with Gasteiger partial charge in [-0.15, -0.1) is 0 Å². The number of hydrogen-bond acceptors (Lipinski definition) is 2. The van der Waals surface area contributed by atoms with Crippen LogP contribution in [0.15, 0.2) is 24.3 Å². The average Bonchev–Trinajstić information content (AvgIpc) is 2.79. The summed E-state index contributed by atoms with van der Waals surface area (Å²) in [5.74, 6) is 0. The van der Waals surface area contributed by atoms with Gasteiger partial charge in [-0.3, -0.25) is 0 Å². The van der Waals surface area contributed by atoms with E-state index in [0.29, 0.717) is 11.6 Å². The Morgan fingerprint density at radius 1 is 1.29 bits per heavy atom. The second kappa shape index (κ2) is 5.38. The molecule has 3 heteroatoms. The molecule has 1 aliphatic carbocycles. The van der Waals surface area contributed by atoms with Gasteiger partial charge >= 0.3 is 0 Å². The molecule has 1 aliphatic rings. The summed E-state index contributed by atoms with van der Waals surface area (Å²) in [6.07, 6.45) is 3.58. The molecule has 1 atom stereocenters. The minimum atomic E-state index is -0.554. The Morgan fingerprint density at radius 2 is 1.88 bits per heavy atom. The molecule has 0 saturated heterocycles. The van der Waals surface area contributed by atoms with Gasteiger partial charge in [0.15, 0.2) is 0 Å². The van der Waals surface area contributed by atoms with Crippen molar-refractivity contribution in [2.75, 3.05) is 6.61 Å². The lowest BCUT2D eigenvalue weighted by atomic mass is 9.89. The first-order chi connectivity index (χ1) is 8.18. The highest BCUT2D eigenvalue weighted by molar-refractivity contribution is 6.30. The Morgan fingerprint density at radius 3 is 2.41 bits per heavy atom. The normalized spacial score (nSPS) is 20.4. The zero-order valence-electron chi connectivity index (χ0n) is 10.2. The van der Waals surface area contributed by atoms with Crippen LogP contribution in [0.4, 0.5) is 0 Å². The molecule has 1 unspecified atom stereocenters. The molecule has 2 nitrogen and oxygen atoms in total. The van der Waals surface area contributed by atoms with Gasteiger partial charge in [0.2, 0.25) is 0 Å². The van der Waals surface area contributed by atoms with Crippen molar-refractivity contribution in [2.24, 2.45) is 0 Å². The van der Waals surface area contributed by atoms with Gasteiger partial charge in [-0.2, -0.15) is 0 Å². The van der Waals surface area contributed by atoms with Crippen LogP contribution in [-0.2, 0) is 4.74 Å². The summed E-state index contributed by atoms with van der Waals surface area (Å²) in [4.78, 5) is 0. The number of hydrogen-bond donors (Lipinski definition) is 1. The number of ether oxygens (including phenoxy) is 1. The monoisotopic (exact) mass is 254 g/mol. The molecule has 17 heavy (non-hydrogen) atoms. The third-order valence-electron chi connectivity index (χ3n) is 3.57. The third-order valence-corrected chi connectivity index (χ3v) is 3.82. The van der Waals surface area contributed by atoms with Gasteiger partial charge in [0.1, 0.15) is 6.10 Å². The highest BCUT2D eigenvalue weighted by atomic mass is 35.5. The first-order valence-corrected chi connectivity index (χ1v) is 6.63. The first kappa shape index (κ1) is 12.9. The summed E-state index contributed by atoms with van der Waals surface area (Å²) in [5, 5.41) is 11.2. The van der Waals surface area contributed by atoms with Crippen molar-refractivity contribution in [3.63, 3.8) is 0 Å². The molecule has 0 radical (unpaired) electrons. The van der Waals surface area contributed by atoms with E-state index >= 15 is 0 Å². The van der Waals surface area contributed by atoms with Crippen molar-refractivity contribution in [2.45, 2.75) is 44.3 Å². The van der Waals surface area contributed by atoms with Gasteiger partial charge in [-0.05, 0) is 37.5 Å². The van der Waals surface area contributed by atoms with Gasteiger partial charge < -0.3 is 9.84 Å². The highest BCUT2D eigenvalue weighted by Gasteiger charge is 2.42. The molecule has 1 N–H and O–H groups in total. The van der Waals surface area contributed by atoms with E-state index in [0.717, 1.165) is 31.2 Å². The van der Waals surface area contributed by atoms with E-state index in [2.05, 4.69) is 0 Å². The number of rotatable bonds is 4. The van der Waals surface area contributed by atoms with Crippen LogP contribution in [0.1, 0.15) is 44.3 Å². The number of aliphatic hydroxyl groups is 1. The molecule has 0 spiro atoms. The maximum absolute atomic E-state index is 10.5. The van der Waals surface area contributed by atoms with Crippen LogP contribution in [0.5, 0.6) is 0 Å². The quantitative estimate of drug-likeness (QED) is 0.887. The van der Waals surface area contributed by atoms with E-state index in [1.165, 1.54) is 0 Å². The molecule has 2 rings (SSSR count). The minimum absolute atomic E-state index is 0.386. The highest BCUT2D eigenvalue weighted by Crippen LogP contribution is 2.43. The molecule has 1 fully saturated rings. The zero-order chi connectivity index (χ0) is 12.3. The van der Waals surface area contributed by atoms with E-state index < -0.39 is 6.10 Å². The largest absolute Gasteiger partial charge is 0.385 e. The summed E-state index contributed by atoms with van der Waals surface area (Å²) in [6, 6.07) is 7.39. The second-order valence-electron chi connectivity index (χ2n) is 4.66. The molecule has 1 aromatic carbocycles. The van der Waals surface area contributed by atoms with Gasteiger partial charge in [0.25, 0.3) is 0 Å². The summed E-state index contributed by atoms with van der Waals surface area (Å²) >= 11 is 5.86. The fourth-order valence-corrected chi connectivity index (χ4v) is 2.83. The average molecular weight is 255 g/mol. The van der Waals surface area contributed by atoms with Gasteiger partial charge in [0.05, 0.1) is 5.60 Å². The molecule has 0 aliphatic heterocycles. The molecule has 0 amide bonds. The van der Waals surface area contributed by atoms with Crippen LogP contribution in [0.3, 0.4) is 0 Å². The predicted molar refractivity (Wildman–Crippen MR) is 69.2 cm³/mol. The van der Waals surface area contributed by atoms with Crippen molar-refractivity contribution in [1.29, 1.82) is 0 Å². The summed E-state index contributed by atoms with van der Waals surface area (Å²) in [7, 11) is 0. The van der Waals surface area contributed by atoms with Crippen LogP contribution in [0, 0.1) is 0 Å². The maximum Gasteiger partial charge on any atom is 0.108 e. The standard InChI is InChI=1S/C14H19ClO2/c1-2-17-14(9-3-4-10-14)13(16)11-5-7-12(15)8-6-11/h5-8,13,16H,2-4,9-10H2,1H3. The first-order valence-electron chi connectivity index (χ1n) is 6.25. The molecule has 94 valence electrons. The Labute approximate surface area is 108 Å². The minimum Gasteiger partial charge on any atom is -0.385 e. The van der Waals surface area contributed by atoms with Crippen molar-refractivity contribution in [3.8, 4) is 0 Å². The lowest BCUT2D eigenvalue weighted by Gasteiger charge is -2.34. The van der Waals surface area contributed by atoms with E-state index in [-0.39, 0.29) is 5.60 Å². The van der Waals surface area contributed by atoms with E-state index in [1.807, 2.05) is 31.2 Å². The number of benzene rings is 1. The Hall–Kier alpha value is -0.570. The molecule has 0 heterocycles. The Kier molecular flexibility index (Phi) is 4.08.